The van der Waals surface area contributed by atoms with Crippen LogP contribution in [0.4, 0.5) is 0 Å². The molecule has 0 spiro atoms. The zero-order valence-corrected chi connectivity index (χ0v) is 11.3. The van der Waals surface area contributed by atoms with Crippen LogP contribution in [0.3, 0.4) is 0 Å². The van der Waals surface area contributed by atoms with E-state index in [2.05, 4.69) is 5.32 Å². The van der Waals surface area contributed by atoms with E-state index in [1.807, 2.05) is 6.07 Å². The maximum atomic E-state index is 10.1. The molecule has 0 amide bonds. The van der Waals surface area contributed by atoms with E-state index in [0.717, 1.165) is 41.5 Å². The van der Waals surface area contributed by atoms with Crippen LogP contribution in [0.2, 0.25) is 0 Å². The number of phenolic OH excluding ortho intramolecular Hbond substituents is 1. The molecule has 1 heterocycles. The smallest absolute Gasteiger partial charge is 0.231 e. The van der Waals surface area contributed by atoms with Gasteiger partial charge in [-0.2, -0.15) is 0 Å². The molecule has 106 valence electrons. The third-order valence-electron chi connectivity index (χ3n) is 5.84. The highest BCUT2D eigenvalue weighted by atomic mass is 16.7. The van der Waals surface area contributed by atoms with Gasteiger partial charge in [-0.05, 0) is 49.0 Å². The van der Waals surface area contributed by atoms with Crippen molar-refractivity contribution < 1.29 is 14.6 Å². The van der Waals surface area contributed by atoms with Crippen LogP contribution in [0.5, 0.6) is 17.2 Å². The van der Waals surface area contributed by atoms with Gasteiger partial charge in [0.05, 0.1) is 0 Å². The second-order valence-corrected chi connectivity index (χ2v) is 6.73. The SMILES string of the molecule is Oc1cc2c(cc1CNC1C3C4CCC(C4)C13)OCO2. The Kier molecular flexibility index (Phi) is 2.15. The van der Waals surface area contributed by atoms with Crippen LogP contribution in [0.15, 0.2) is 12.1 Å². The highest BCUT2D eigenvalue weighted by Crippen LogP contribution is 2.65. The van der Waals surface area contributed by atoms with Crippen LogP contribution >= 0.6 is 0 Å². The molecular formula is C16H19NO3. The van der Waals surface area contributed by atoms with Crippen LogP contribution in [-0.4, -0.2) is 17.9 Å². The maximum Gasteiger partial charge on any atom is 0.231 e. The summed E-state index contributed by atoms with van der Waals surface area (Å²) in [6.45, 7) is 0.974. The lowest BCUT2D eigenvalue weighted by molar-refractivity contribution is 0.174. The number of nitrogens with one attached hydrogen (secondary N) is 1. The molecule has 1 aromatic carbocycles. The van der Waals surface area contributed by atoms with E-state index in [-0.39, 0.29) is 6.79 Å². The predicted octanol–water partition coefficient (Wildman–Crippen LogP) is 2.25. The van der Waals surface area contributed by atoms with Gasteiger partial charge in [-0.15, -0.1) is 0 Å². The Hall–Kier alpha value is -1.42. The van der Waals surface area contributed by atoms with Crippen LogP contribution in [0, 0.1) is 23.7 Å². The van der Waals surface area contributed by atoms with Crippen molar-refractivity contribution in [1.82, 2.24) is 5.32 Å². The fourth-order valence-electron chi connectivity index (χ4n) is 4.94. The lowest BCUT2D eigenvalue weighted by atomic mass is 10.0. The molecule has 0 aromatic heterocycles. The quantitative estimate of drug-likeness (QED) is 0.887. The summed E-state index contributed by atoms with van der Waals surface area (Å²) in [6.07, 6.45) is 4.36. The van der Waals surface area contributed by atoms with Gasteiger partial charge in [-0.3, -0.25) is 0 Å². The van der Waals surface area contributed by atoms with E-state index < -0.39 is 0 Å². The van der Waals surface area contributed by atoms with Crippen molar-refractivity contribution in [2.75, 3.05) is 6.79 Å². The molecule has 4 heteroatoms. The molecule has 4 atom stereocenters. The second kappa shape index (κ2) is 3.82. The van der Waals surface area contributed by atoms with Crippen LogP contribution in [0.25, 0.3) is 0 Å². The van der Waals surface area contributed by atoms with Gasteiger partial charge in [0.2, 0.25) is 6.79 Å². The van der Waals surface area contributed by atoms with Gasteiger partial charge >= 0.3 is 0 Å². The first-order valence-corrected chi connectivity index (χ1v) is 7.66. The number of fused-ring (bicyclic) bond motifs is 6. The van der Waals surface area contributed by atoms with Gasteiger partial charge in [0.25, 0.3) is 0 Å². The second-order valence-electron chi connectivity index (χ2n) is 6.73. The third kappa shape index (κ3) is 1.46. The van der Waals surface area contributed by atoms with E-state index >= 15 is 0 Å². The number of ether oxygens (including phenoxy) is 2. The minimum absolute atomic E-state index is 0.252. The van der Waals surface area contributed by atoms with Gasteiger partial charge in [-0.25, -0.2) is 0 Å². The largest absolute Gasteiger partial charge is 0.507 e. The zero-order chi connectivity index (χ0) is 13.3. The van der Waals surface area contributed by atoms with Crippen molar-refractivity contribution in [3.63, 3.8) is 0 Å². The minimum atomic E-state index is 0.252. The first-order chi connectivity index (χ1) is 9.81. The van der Waals surface area contributed by atoms with E-state index in [1.165, 1.54) is 19.3 Å². The lowest BCUT2D eigenvalue weighted by Gasteiger charge is -2.12. The van der Waals surface area contributed by atoms with Crippen molar-refractivity contribution >= 4 is 0 Å². The summed E-state index contributed by atoms with van der Waals surface area (Å²) in [5.41, 5.74) is 0.909. The summed E-state index contributed by atoms with van der Waals surface area (Å²) in [7, 11) is 0. The highest BCUT2D eigenvalue weighted by molar-refractivity contribution is 5.51. The Labute approximate surface area is 118 Å². The van der Waals surface area contributed by atoms with E-state index in [9.17, 15) is 5.11 Å². The molecule has 3 saturated carbocycles. The molecule has 2 N–H and O–H groups in total. The lowest BCUT2D eigenvalue weighted by Crippen LogP contribution is -2.22. The van der Waals surface area contributed by atoms with Crippen LogP contribution < -0.4 is 14.8 Å². The molecule has 2 bridgehead atoms. The standard InChI is InChI=1S/C16H19NO3/c18-11-5-13-12(19-7-20-13)4-10(11)6-17-16-14-8-1-2-9(3-8)15(14)16/h4-5,8-9,14-18H,1-3,6-7H2. The molecule has 4 aliphatic rings. The average molecular weight is 273 g/mol. The zero-order valence-electron chi connectivity index (χ0n) is 11.3. The maximum absolute atomic E-state index is 10.1. The molecular weight excluding hydrogens is 254 g/mol. The molecule has 1 aromatic rings. The molecule has 0 saturated heterocycles. The topological polar surface area (TPSA) is 50.7 Å². The van der Waals surface area contributed by atoms with E-state index in [1.54, 1.807) is 6.07 Å². The molecule has 20 heavy (non-hydrogen) atoms. The van der Waals surface area contributed by atoms with Crippen molar-refractivity contribution in [3.8, 4) is 17.2 Å². The molecule has 4 nitrogen and oxygen atoms in total. The first-order valence-electron chi connectivity index (χ1n) is 7.66. The van der Waals surface area contributed by atoms with Crippen LogP contribution in [0.1, 0.15) is 24.8 Å². The summed E-state index contributed by atoms with van der Waals surface area (Å²) >= 11 is 0. The van der Waals surface area contributed by atoms with Gasteiger partial charge < -0.3 is 19.9 Å². The van der Waals surface area contributed by atoms with Crippen molar-refractivity contribution in [2.45, 2.75) is 31.8 Å². The highest BCUT2D eigenvalue weighted by Gasteiger charge is 2.64. The molecule has 0 radical (unpaired) electrons. The summed E-state index contributed by atoms with van der Waals surface area (Å²) in [5.74, 6) is 5.49. The van der Waals surface area contributed by atoms with E-state index in [4.69, 9.17) is 9.47 Å². The Morgan fingerprint density at radius 1 is 1.10 bits per heavy atom. The summed E-state index contributed by atoms with van der Waals surface area (Å²) in [5, 5.41) is 13.7. The number of aromatic hydroxyl groups is 1. The molecule has 1 aliphatic heterocycles. The monoisotopic (exact) mass is 273 g/mol. The minimum Gasteiger partial charge on any atom is -0.507 e. The van der Waals surface area contributed by atoms with E-state index in [0.29, 0.717) is 17.5 Å². The Balaban J connectivity index is 1.29. The first kappa shape index (κ1) is 11.3. The average Bonchev–Trinajstić information content (AvgIpc) is 2.85. The normalized spacial score (nSPS) is 39.1. The van der Waals surface area contributed by atoms with Crippen LogP contribution in [-0.2, 0) is 6.54 Å². The van der Waals surface area contributed by atoms with Crippen molar-refractivity contribution in [2.24, 2.45) is 23.7 Å². The fraction of sp³-hybridized carbons (Fsp3) is 0.625. The summed E-state index contributed by atoms with van der Waals surface area (Å²) in [4.78, 5) is 0. The van der Waals surface area contributed by atoms with Crippen molar-refractivity contribution in [1.29, 1.82) is 0 Å². The number of hydrogen-bond acceptors (Lipinski definition) is 4. The molecule has 3 aliphatic carbocycles. The van der Waals surface area contributed by atoms with Crippen molar-refractivity contribution in [3.05, 3.63) is 17.7 Å². The van der Waals surface area contributed by atoms with Gasteiger partial charge in [0.1, 0.15) is 5.75 Å². The Morgan fingerprint density at radius 3 is 2.55 bits per heavy atom. The predicted molar refractivity (Wildman–Crippen MR) is 72.7 cm³/mol. The Morgan fingerprint density at radius 2 is 1.80 bits per heavy atom. The number of benzene rings is 1. The third-order valence-corrected chi connectivity index (χ3v) is 5.84. The Bertz CT molecular complexity index is 557. The number of phenols is 1. The molecule has 5 rings (SSSR count). The van der Waals surface area contributed by atoms with Gasteiger partial charge in [0, 0.05) is 24.2 Å². The van der Waals surface area contributed by atoms with Gasteiger partial charge in [0.15, 0.2) is 11.5 Å². The molecule has 3 fully saturated rings. The van der Waals surface area contributed by atoms with Gasteiger partial charge in [-0.1, -0.05) is 0 Å². The summed E-state index contributed by atoms with van der Waals surface area (Å²) in [6, 6.07) is 4.25. The number of rotatable bonds is 3. The number of hydrogen-bond donors (Lipinski definition) is 2. The fourth-order valence-corrected chi connectivity index (χ4v) is 4.94. The molecule has 4 unspecified atom stereocenters. The summed E-state index contributed by atoms with van der Waals surface area (Å²) < 4.78 is 10.6.